The highest BCUT2D eigenvalue weighted by atomic mass is 19.1. The van der Waals surface area contributed by atoms with Crippen LogP contribution in [0.25, 0.3) is 0 Å². The number of nitrogens with one attached hydrogen (secondary N) is 2. The number of nitrogens with zero attached hydrogens (tertiary/aromatic N) is 1. The van der Waals surface area contributed by atoms with Gasteiger partial charge in [-0.2, -0.15) is 0 Å². The molecular weight excluding hydrogens is 385 g/mol. The van der Waals surface area contributed by atoms with Crippen molar-refractivity contribution in [1.29, 1.82) is 0 Å². The topological polar surface area (TPSA) is 78.5 Å². The number of carbonyl (C=O) groups excluding carboxylic acids is 3. The average Bonchev–Trinajstić information content (AvgIpc) is 2.94. The molecule has 1 fully saturated rings. The fourth-order valence-corrected chi connectivity index (χ4v) is 3.50. The average molecular weight is 411 g/mol. The quantitative estimate of drug-likeness (QED) is 0.510. The van der Waals surface area contributed by atoms with Crippen LogP contribution in [0.3, 0.4) is 0 Å². The lowest BCUT2D eigenvalue weighted by atomic mass is 9.92. The fraction of sp³-hybridized carbons (Fsp3) is 0.348. The van der Waals surface area contributed by atoms with Crippen LogP contribution in [0.15, 0.2) is 48.5 Å². The molecule has 0 aliphatic carbocycles. The van der Waals surface area contributed by atoms with Gasteiger partial charge in [0.2, 0.25) is 5.91 Å². The van der Waals surface area contributed by atoms with E-state index in [1.807, 2.05) is 24.3 Å². The van der Waals surface area contributed by atoms with Gasteiger partial charge in [-0.3, -0.25) is 14.5 Å². The summed E-state index contributed by atoms with van der Waals surface area (Å²) in [5.41, 5.74) is 0.910. The van der Waals surface area contributed by atoms with E-state index in [9.17, 15) is 18.8 Å². The number of halogens is 1. The Bertz CT molecular complexity index is 928. The van der Waals surface area contributed by atoms with E-state index in [0.29, 0.717) is 11.3 Å². The molecule has 2 aromatic carbocycles. The van der Waals surface area contributed by atoms with E-state index >= 15 is 0 Å². The summed E-state index contributed by atoms with van der Waals surface area (Å²) < 4.78 is 13.2. The first kappa shape index (κ1) is 21.5. The van der Waals surface area contributed by atoms with E-state index in [1.165, 1.54) is 43.2 Å². The number of benzene rings is 2. The van der Waals surface area contributed by atoms with E-state index < -0.39 is 35.7 Å². The summed E-state index contributed by atoms with van der Waals surface area (Å²) in [5, 5.41) is 5.32. The van der Waals surface area contributed by atoms with Crippen LogP contribution in [0.5, 0.6) is 0 Å². The normalized spacial score (nSPS) is 18.4. The molecule has 0 bridgehead atoms. The number of aryl methyl sites for hydroxylation is 1. The third-order valence-electron chi connectivity index (χ3n) is 5.30. The Kier molecular flexibility index (Phi) is 6.50. The summed E-state index contributed by atoms with van der Waals surface area (Å²) in [7, 11) is 0. The Morgan fingerprint density at radius 2 is 1.73 bits per heavy atom. The lowest BCUT2D eigenvalue weighted by Crippen LogP contribution is -2.42. The summed E-state index contributed by atoms with van der Waals surface area (Å²) in [5.74, 6) is -1.46. The van der Waals surface area contributed by atoms with Gasteiger partial charge < -0.3 is 10.6 Å². The molecule has 0 saturated carbocycles. The van der Waals surface area contributed by atoms with Crippen molar-refractivity contribution in [1.82, 2.24) is 10.2 Å². The molecule has 30 heavy (non-hydrogen) atoms. The van der Waals surface area contributed by atoms with Crippen LogP contribution < -0.4 is 10.6 Å². The molecule has 1 atom stereocenters. The first-order valence-corrected chi connectivity index (χ1v) is 10.1. The Labute approximate surface area is 175 Å². The smallest absolute Gasteiger partial charge is 0.325 e. The maximum Gasteiger partial charge on any atom is 0.325 e. The van der Waals surface area contributed by atoms with E-state index in [-0.39, 0.29) is 0 Å². The van der Waals surface area contributed by atoms with Crippen LogP contribution in [0.2, 0.25) is 0 Å². The van der Waals surface area contributed by atoms with E-state index in [0.717, 1.165) is 24.2 Å². The van der Waals surface area contributed by atoms with Crippen molar-refractivity contribution in [2.24, 2.45) is 0 Å². The fourth-order valence-electron chi connectivity index (χ4n) is 3.50. The lowest BCUT2D eigenvalue weighted by molar-refractivity contribution is -0.133. The molecule has 6 nitrogen and oxygen atoms in total. The zero-order valence-electron chi connectivity index (χ0n) is 17.2. The van der Waals surface area contributed by atoms with Crippen LogP contribution in [-0.2, 0) is 21.5 Å². The molecule has 0 aromatic heterocycles. The number of carbonyl (C=O) groups is 3. The first-order chi connectivity index (χ1) is 14.3. The number of amides is 4. The van der Waals surface area contributed by atoms with Crippen LogP contribution in [0.1, 0.15) is 44.2 Å². The number of urea groups is 1. The van der Waals surface area contributed by atoms with Gasteiger partial charge in [0.15, 0.2) is 0 Å². The van der Waals surface area contributed by atoms with Crippen LogP contribution in [0.4, 0.5) is 14.9 Å². The highest BCUT2D eigenvalue weighted by molar-refractivity contribution is 6.10. The van der Waals surface area contributed by atoms with Gasteiger partial charge in [0.25, 0.3) is 5.91 Å². The molecule has 0 spiro atoms. The Hall–Kier alpha value is -3.22. The molecule has 0 radical (unpaired) electrons. The molecule has 7 heteroatoms. The predicted octanol–water partition coefficient (Wildman–Crippen LogP) is 3.96. The van der Waals surface area contributed by atoms with Gasteiger partial charge in [0.1, 0.15) is 17.9 Å². The minimum Gasteiger partial charge on any atom is -0.325 e. The molecular formula is C23H26FN3O3. The second kappa shape index (κ2) is 9.07. The van der Waals surface area contributed by atoms with Crippen molar-refractivity contribution in [2.75, 3.05) is 11.9 Å². The lowest BCUT2D eigenvalue weighted by Gasteiger charge is -2.22. The van der Waals surface area contributed by atoms with Crippen molar-refractivity contribution in [3.8, 4) is 0 Å². The maximum atomic E-state index is 13.2. The van der Waals surface area contributed by atoms with Gasteiger partial charge in [-0.05, 0) is 55.2 Å². The Balaban J connectivity index is 1.61. The summed E-state index contributed by atoms with van der Waals surface area (Å²) in [6.45, 7) is 3.29. The molecule has 3 rings (SSSR count). The van der Waals surface area contributed by atoms with Crippen LogP contribution in [-0.4, -0.2) is 29.3 Å². The van der Waals surface area contributed by atoms with Crippen molar-refractivity contribution in [2.45, 2.75) is 45.1 Å². The minimum absolute atomic E-state index is 0.403. The van der Waals surface area contributed by atoms with Gasteiger partial charge in [0, 0.05) is 5.69 Å². The highest BCUT2D eigenvalue weighted by Gasteiger charge is 2.49. The number of rotatable bonds is 8. The third-order valence-corrected chi connectivity index (χ3v) is 5.30. The summed E-state index contributed by atoms with van der Waals surface area (Å²) >= 11 is 0. The number of anilines is 1. The standard InChI is InChI=1S/C23H26FN3O3/c1-3-4-5-6-16-7-13-19(14-8-16)25-20(28)15-27-21(29)23(2,26-22(27)30)17-9-11-18(24)12-10-17/h7-14H,3-6,15H2,1-2H3,(H,25,28)(H,26,30). The molecule has 2 N–H and O–H groups in total. The minimum atomic E-state index is -1.34. The summed E-state index contributed by atoms with van der Waals surface area (Å²) in [6, 6.07) is 12.2. The number of hydrogen-bond donors (Lipinski definition) is 2. The molecule has 2 aromatic rings. The predicted molar refractivity (Wildman–Crippen MR) is 112 cm³/mol. The van der Waals surface area contributed by atoms with Gasteiger partial charge in [-0.15, -0.1) is 0 Å². The number of unbranched alkanes of at least 4 members (excludes halogenated alkanes) is 2. The Morgan fingerprint density at radius 1 is 1.07 bits per heavy atom. The number of imide groups is 1. The van der Waals surface area contributed by atoms with Crippen molar-refractivity contribution < 1.29 is 18.8 Å². The Morgan fingerprint density at radius 3 is 2.37 bits per heavy atom. The zero-order chi connectivity index (χ0) is 21.7. The zero-order valence-corrected chi connectivity index (χ0v) is 17.2. The SMILES string of the molecule is CCCCCc1ccc(NC(=O)CN2C(=O)NC(C)(c3ccc(F)cc3)C2=O)cc1. The van der Waals surface area contributed by atoms with E-state index in [4.69, 9.17) is 0 Å². The molecule has 4 amide bonds. The van der Waals surface area contributed by atoms with Gasteiger partial charge in [-0.25, -0.2) is 9.18 Å². The summed E-state index contributed by atoms with van der Waals surface area (Å²) in [6.07, 6.45) is 4.46. The third kappa shape index (κ3) is 4.67. The van der Waals surface area contributed by atoms with E-state index in [1.54, 1.807) is 0 Å². The van der Waals surface area contributed by atoms with Crippen molar-refractivity contribution in [3.05, 3.63) is 65.5 Å². The molecule has 158 valence electrons. The second-order valence-electron chi connectivity index (χ2n) is 7.66. The monoisotopic (exact) mass is 411 g/mol. The van der Waals surface area contributed by atoms with Gasteiger partial charge in [0.05, 0.1) is 0 Å². The largest absolute Gasteiger partial charge is 0.325 e. The van der Waals surface area contributed by atoms with E-state index in [2.05, 4.69) is 17.6 Å². The molecule has 1 unspecified atom stereocenters. The maximum absolute atomic E-state index is 13.2. The van der Waals surface area contributed by atoms with Crippen LogP contribution in [0, 0.1) is 5.82 Å². The molecule has 1 saturated heterocycles. The van der Waals surface area contributed by atoms with Gasteiger partial charge in [-0.1, -0.05) is 44.0 Å². The molecule has 1 aliphatic rings. The molecule has 1 aliphatic heterocycles. The van der Waals surface area contributed by atoms with Gasteiger partial charge >= 0.3 is 6.03 Å². The number of hydrogen-bond acceptors (Lipinski definition) is 3. The molecule has 1 heterocycles. The van der Waals surface area contributed by atoms with Crippen molar-refractivity contribution >= 4 is 23.5 Å². The van der Waals surface area contributed by atoms with Crippen molar-refractivity contribution in [3.63, 3.8) is 0 Å². The second-order valence-corrected chi connectivity index (χ2v) is 7.66. The summed E-state index contributed by atoms with van der Waals surface area (Å²) in [4.78, 5) is 38.5. The highest BCUT2D eigenvalue weighted by Crippen LogP contribution is 2.28. The van der Waals surface area contributed by atoms with Crippen LogP contribution >= 0.6 is 0 Å². The first-order valence-electron chi connectivity index (χ1n) is 10.1.